The molecule has 0 unspecified atom stereocenters. The van der Waals surface area contributed by atoms with Crippen LogP contribution in [0.3, 0.4) is 0 Å². The van der Waals surface area contributed by atoms with Crippen LogP contribution in [0.25, 0.3) is 0 Å². The fourth-order valence-corrected chi connectivity index (χ4v) is 1.36. The molecule has 0 aliphatic carbocycles. The lowest BCUT2D eigenvalue weighted by Gasteiger charge is -2.07. The van der Waals surface area contributed by atoms with Crippen LogP contribution in [0, 0.1) is 0 Å². The van der Waals surface area contributed by atoms with Gasteiger partial charge < -0.3 is 16.2 Å². The number of rotatable bonds is 3. The number of ether oxygens (including phenoxy) is 1. The molecule has 0 heterocycles. The van der Waals surface area contributed by atoms with Crippen molar-refractivity contribution in [3.05, 3.63) is 23.8 Å². The molecule has 15 heavy (non-hydrogen) atoms. The van der Waals surface area contributed by atoms with Gasteiger partial charge in [-0.25, -0.2) is 4.99 Å². The molecule has 4 N–H and O–H groups in total. The van der Waals surface area contributed by atoms with Gasteiger partial charge in [0.05, 0.1) is 12.8 Å². The Morgan fingerprint density at radius 1 is 1.53 bits per heavy atom. The molecular weight excluding hydrogens is 210 g/mol. The van der Waals surface area contributed by atoms with Crippen molar-refractivity contribution in [2.75, 3.05) is 13.4 Å². The highest BCUT2D eigenvalue weighted by molar-refractivity contribution is 8.13. The van der Waals surface area contributed by atoms with E-state index in [1.165, 1.54) is 11.8 Å². The number of nitrogens with two attached hydrogens (primary N) is 2. The second-order valence-corrected chi connectivity index (χ2v) is 3.68. The van der Waals surface area contributed by atoms with Gasteiger partial charge in [0.15, 0.2) is 5.17 Å². The van der Waals surface area contributed by atoms with E-state index in [4.69, 9.17) is 16.2 Å². The van der Waals surface area contributed by atoms with Crippen molar-refractivity contribution in [2.24, 2.45) is 16.5 Å². The first-order valence-electron chi connectivity index (χ1n) is 4.46. The first-order valence-corrected chi connectivity index (χ1v) is 5.69. The minimum absolute atomic E-state index is 0.422. The summed E-state index contributed by atoms with van der Waals surface area (Å²) in [5, 5.41) is 0.531. The summed E-state index contributed by atoms with van der Waals surface area (Å²) in [4.78, 5) is 4.21. The average molecular weight is 225 g/mol. The van der Waals surface area contributed by atoms with Crippen molar-refractivity contribution in [3.8, 4) is 5.75 Å². The minimum Gasteiger partial charge on any atom is -0.496 e. The lowest BCUT2D eigenvalue weighted by atomic mass is 10.2. The molecule has 0 radical (unpaired) electrons. The van der Waals surface area contributed by atoms with Crippen LogP contribution in [0.2, 0.25) is 0 Å². The van der Waals surface area contributed by atoms with Gasteiger partial charge >= 0.3 is 0 Å². The van der Waals surface area contributed by atoms with Crippen LogP contribution in [0.4, 0.5) is 5.69 Å². The summed E-state index contributed by atoms with van der Waals surface area (Å²) in [6, 6.07) is 5.57. The summed E-state index contributed by atoms with van der Waals surface area (Å²) in [6.45, 7) is 0.422. The van der Waals surface area contributed by atoms with Crippen molar-refractivity contribution in [1.29, 1.82) is 0 Å². The molecule has 5 heteroatoms. The number of hydrogen-bond acceptors (Lipinski definition) is 4. The Labute approximate surface area is 93.7 Å². The molecule has 1 aromatic rings. The molecule has 0 aliphatic heterocycles. The standard InChI is InChI=1S/C10H15N3OS/c1-14-9-4-3-8(5-7(9)6-11)13-10(12)15-2/h3-5H,6,11H2,1-2H3,(H2,12,13). The van der Waals surface area contributed by atoms with E-state index < -0.39 is 0 Å². The largest absolute Gasteiger partial charge is 0.496 e. The minimum atomic E-state index is 0.422. The lowest BCUT2D eigenvalue weighted by Crippen LogP contribution is -2.04. The summed E-state index contributed by atoms with van der Waals surface area (Å²) in [6.07, 6.45) is 1.88. The van der Waals surface area contributed by atoms with E-state index in [1.807, 2.05) is 24.5 Å². The highest BCUT2D eigenvalue weighted by Crippen LogP contribution is 2.24. The van der Waals surface area contributed by atoms with Gasteiger partial charge in [0.2, 0.25) is 0 Å². The van der Waals surface area contributed by atoms with Crippen molar-refractivity contribution in [3.63, 3.8) is 0 Å². The summed E-state index contributed by atoms with van der Waals surface area (Å²) in [5.74, 6) is 0.777. The normalized spacial score (nSPS) is 11.5. The van der Waals surface area contributed by atoms with E-state index in [0.717, 1.165) is 17.0 Å². The number of aliphatic imine (C=N–C) groups is 1. The zero-order valence-corrected chi connectivity index (χ0v) is 9.67. The van der Waals surface area contributed by atoms with Gasteiger partial charge in [-0.2, -0.15) is 0 Å². The predicted octanol–water partition coefficient (Wildman–Crippen LogP) is 1.46. The zero-order chi connectivity index (χ0) is 11.3. The molecule has 0 atom stereocenters. The third kappa shape index (κ3) is 3.14. The van der Waals surface area contributed by atoms with Crippen LogP contribution in [-0.2, 0) is 6.54 Å². The monoisotopic (exact) mass is 225 g/mol. The van der Waals surface area contributed by atoms with Crippen LogP contribution in [0.15, 0.2) is 23.2 Å². The Morgan fingerprint density at radius 2 is 2.27 bits per heavy atom. The van der Waals surface area contributed by atoms with E-state index in [0.29, 0.717) is 11.7 Å². The maximum absolute atomic E-state index is 5.62. The second-order valence-electron chi connectivity index (χ2n) is 2.85. The molecular formula is C10H15N3OS. The maximum atomic E-state index is 5.62. The number of nitrogens with zero attached hydrogens (tertiary/aromatic N) is 1. The van der Waals surface area contributed by atoms with E-state index >= 15 is 0 Å². The molecule has 0 aliphatic rings. The molecule has 0 aromatic heterocycles. The topological polar surface area (TPSA) is 73.6 Å². The Kier molecular flexibility index (Phi) is 4.45. The Bertz CT molecular complexity index is 366. The van der Waals surface area contributed by atoms with Gasteiger partial charge in [-0.05, 0) is 24.5 Å². The Hall–Kier alpha value is -1.20. The number of amidine groups is 1. The SMILES string of the molecule is COc1ccc(N=C(N)SC)cc1CN. The van der Waals surface area contributed by atoms with E-state index in [1.54, 1.807) is 7.11 Å². The predicted molar refractivity (Wildman–Crippen MR) is 65.7 cm³/mol. The van der Waals surface area contributed by atoms with Gasteiger partial charge in [0.25, 0.3) is 0 Å². The lowest BCUT2D eigenvalue weighted by molar-refractivity contribution is 0.410. The smallest absolute Gasteiger partial charge is 0.158 e. The third-order valence-electron chi connectivity index (χ3n) is 1.93. The zero-order valence-electron chi connectivity index (χ0n) is 8.86. The van der Waals surface area contributed by atoms with Gasteiger partial charge in [0.1, 0.15) is 5.75 Å². The molecule has 0 saturated heterocycles. The van der Waals surface area contributed by atoms with Crippen LogP contribution in [0.5, 0.6) is 5.75 Å². The summed E-state index contributed by atoms with van der Waals surface area (Å²) < 4.78 is 5.16. The third-order valence-corrected chi connectivity index (χ3v) is 2.44. The van der Waals surface area contributed by atoms with Gasteiger partial charge in [0, 0.05) is 12.1 Å². The summed E-state index contributed by atoms with van der Waals surface area (Å²) >= 11 is 1.41. The van der Waals surface area contributed by atoms with Gasteiger partial charge in [-0.15, -0.1) is 0 Å². The molecule has 0 amide bonds. The van der Waals surface area contributed by atoms with Crippen LogP contribution >= 0.6 is 11.8 Å². The molecule has 0 saturated carbocycles. The highest BCUT2D eigenvalue weighted by atomic mass is 32.2. The van der Waals surface area contributed by atoms with Crippen molar-refractivity contribution in [2.45, 2.75) is 6.54 Å². The molecule has 0 bridgehead atoms. The quantitative estimate of drug-likeness (QED) is 0.603. The fraction of sp³-hybridized carbons (Fsp3) is 0.300. The molecule has 0 fully saturated rings. The Balaban J connectivity index is 3.03. The molecule has 4 nitrogen and oxygen atoms in total. The molecule has 0 spiro atoms. The number of benzene rings is 1. The van der Waals surface area contributed by atoms with Crippen molar-refractivity contribution >= 4 is 22.6 Å². The maximum Gasteiger partial charge on any atom is 0.158 e. The molecule has 82 valence electrons. The van der Waals surface area contributed by atoms with E-state index in [-0.39, 0.29) is 0 Å². The van der Waals surface area contributed by atoms with Crippen LogP contribution in [0.1, 0.15) is 5.56 Å². The van der Waals surface area contributed by atoms with Crippen LogP contribution < -0.4 is 16.2 Å². The highest BCUT2D eigenvalue weighted by Gasteiger charge is 2.02. The average Bonchev–Trinajstić information content (AvgIpc) is 2.28. The first kappa shape index (κ1) is 11.9. The fourth-order valence-electron chi connectivity index (χ4n) is 1.17. The Morgan fingerprint density at radius 3 is 2.80 bits per heavy atom. The first-order chi connectivity index (χ1) is 7.21. The van der Waals surface area contributed by atoms with Gasteiger partial charge in [-0.3, -0.25) is 0 Å². The molecule has 1 rings (SSSR count). The van der Waals surface area contributed by atoms with E-state index in [2.05, 4.69) is 4.99 Å². The van der Waals surface area contributed by atoms with Crippen molar-refractivity contribution < 1.29 is 4.74 Å². The van der Waals surface area contributed by atoms with Gasteiger partial charge in [-0.1, -0.05) is 11.8 Å². The van der Waals surface area contributed by atoms with Crippen molar-refractivity contribution in [1.82, 2.24) is 0 Å². The second kappa shape index (κ2) is 5.63. The number of hydrogen-bond donors (Lipinski definition) is 2. The molecule has 1 aromatic carbocycles. The number of methoxy groups -OCH3 is 1. The summed E-state index contributed by atoms with van der Waals surface area (Å²) in [7, 11) is 1.62. The number of thioether (sulfide) groups is 1. The van der Waals surface area contributed by atoms with Crippen LogP contribution in [-0.4, -0.2) is 18.5 Å². The summed E-state index contributed by atoms with van der Waals surface area (Å²) in [5.41, 5.74) is 12.9. The van der Waals surface area contributed by atoms with E-state index in [9.17, 15) is 0 Å².